The van der Waals surface area contributed by atoms with Gasteiger partial charge in [0.1, 0.15) is 0 Å². The Kier molecular flexibility index (Phi) is 107. The van der Waals surface area contributed by atoms with Gasteiger partial charge in [-0.1, -0.05) is 73.5 Å². The SMILES string of the molecule is C/C=C\CCCC.CC.CC.CC. The first-order chi connectivity index (χ1) is 6.41. The Morgan fingerprint density at radius 1 is 0.846 bits per heavy atom. The molecule has 0 aliphatic heterocycles. The van der Waals surface area contributed by atoms with E-state index in [-0.39, 0.29) is 0 Å². The van der Waals surface area contributed by atoms with Crippen molar-refractivity contribution in [1.82, 2.24) is 0 Å². The average molecular weight is 188 g/mol. The smallest absolute Gasteiger partial charge is 0.0351 e. The van der Waals surface area contributed by atoms with E-state index in [0.29, 0.717) is 0 Å². The van der Waals surface area contributed by atoms with Gasteiger partial charge in [0.15, 0.2) is 0 Å². The minimum Gasteiger partial charge on any atom is -0.0917 e. The van der Waals surface area contributed by atoms with E-state index in [1.54, 1.807) is 0 Å². The van der Waals surface area contributed by atoms with Gasteiger partial charge in [-0.3, -0.25) is 0 Å². The van der Waals surface area contributed by atoms with Crippen molar-refractivity contribution in [3.8, 4) is 0 Å². The molecule has 0 aromatic heterocycles. The number of rotatable bonds is 3. The molecule has 13 heavy (non-hydrogen) atoms. The summed E-state index contributed by atoms with van der Waals surface area (Å²) >= 11 is 0. The van der Waals surface area contributed by atoms with Gasteiger partial charge in [0, 0.05) is 0 Å². The highest BCUT2D eigenvalue weighted by Crippen LogP contribution is 1.93. The summed E-state index contributed by atoms with van der Waals surface area (Å²) in [5, 5.41) is 0. The molecule has 0 atom stereocenters. The highest BCUT2D eigenvalue weighted by molar-refractivity contribution is 4.75. The van der Waals surface area contributed by atoms with E-state index in [4.69, 9.17) is 0 Å². The van der Waals surface area contributed by atoms with Crippen LogP contribution in [-0.2, 0) is 0 Å². The van der Waals surface area contributed by atoms with Crippen LogP contribution in [0.1, 0.15) is 74.7 Å². The van der Waals surface area contributed by atoms with Gasteiger partial charge < -0.3 is 0 Å². The van der Waals surface area contributed by atoms with Gasteiger partial charge in [0.25, 0.3) is 0 Å². The Bertz CT molecular complexity index is 44.0. The summed E-state index contributed by atoms with van der Waals surface area (Å²) in [6, 6.07) is 0. The second kappa shape index (κ2) is 60.3. The molecule has 0 bridgehead atoms. The van der Waals surface area contributed by atoms with Crippen LogP contribution in [0.15, 0.2) is 12.2 Å². The minimum absolute atomic E-state index is 1.26. The van der Waals surface area contributed by atoms with Gasteiger partial charge in [0.05, 0.1) is 0 Å². The molecule has 0 N–H and O–H groups in total. The number of hydrogen-bond donors (Lipinski definition) is 0. The lowest BCUT2D eigenvalue weighted by Gasteiger charge is -1.83. The largest absolute Gasteiger partial charge is 0.0917 e. The zero-order chi connectivity index (χ0) is 11.5. The molecule has 0 nitrogen and oxygen atoms in total. The molecule has 0 unspecified atom stereocenters. The van der Waals surface area contributed by atoms with Crippen molar-refractivity contribution in [2.24, 2.45) is 0 Å². The summed E-state index contributed by atoms with van der Waals surface area (Å²) in [6.45, 7) is 16.3. The predicted molar refractivity (Wildman–Crippen MR) is 68.4 cm³/mol. The van der Waals surface area contributed by atoms with Crippen LogP contribution < -0.4 is 0 Å². The fraction of sp³-hybridized carbons (Fsp3) is 0.846. The Morgan fingerprint density at radius 3 is 1.46 bits per heavy atom. The maximum atomic E-state index is 2.21. The highest BCUT2D eigenvalue weighted by Gasteiger charge is 1.73. The summed E-state index contributed by atoms with van der Waals surface area (Å²) < 4.78 is 0. The zero-order valence-electron chi connectivity index (χ0n) is 11.3. The quantitative estimate of drug-likeness (QED) is 0.386. The molecule has 0 saturated carbocycles. The molecule has 0 fully saturated rings. The fourth-order valence-electron chi connectivity index (χ4n) is 0.489. The van der Waals surface area contributed by atoms with Crippen LogP contribution in [0.2, 0.25) is 0 Å². The third kappa shape index (κ3) is 79.6. The van der Waals surface area contributed by atoms with E-state index >= 15 is 0 Å². The van der Waals surface area contributed by atoms with E-state index in [9.17, 15) is 0 Å². The number of unbranched alkanes of at least 4 members (excludes halogenated alkanes) is 2. The first-order valence-corrected chi connectivity index (χ1v) is 6.03. The molecule has 0 radical (unpaired) electrons. The molecule has 84 valence electrons. The molecule has 0 heteroatoms. The number of hydrogen-bond acceptors (Lipinski definition) is 0. The third-order valence-corrected chi connectivity index (χ3v) is 0.960. The Labute approximate surface area is 87.4 Å². The maximum Gasteiger partial charge on any atom is -0.0351 e. The van der Waals surface area contributed by atoms with Crippen LogP contribution in [0.25, 0.3) is 0 Å². The topological polar surface area (TPSA) is 0 Å². The van der Waals surface area contributed by atoms with Crippen LogP contribution in [0.3, 0.4) is 0 Å². The summed E-state index contributed by atoms with van der Waals surface area (Å²) in [6.07, 6.45) is 8.22. The van der Waals surface area contributed by atoms with Crippen molar-refractivity contribution in [1.29, 1.82) is 0 Å². The van der Waals surface area contributed by atoms with E-state index in [1.807, 2.05) is 41.5 Å². The lowest BCUT2D eigenvalue weighted by molar-refractivity contribution is 0.814. The molecule has 0 aromatic rings. The second-order valence-corrected chi connectivity index (χ2v) is 1.71. The van der Waals surface area contributed by atoms with Gasteiger partial charge >= 0.3 is 0 Å². The standard InChI is InChI=1S/C7H14.3C2H6/c1-3-5-7-6-4-2;3*1-2/h3,5H,4,6-7H2,1-2H3;3*1-2H3/b5-3-;;;. The molecular formula is C13H32. The first-order valence-electron chi connectivity index (χ1n) is 6.03. The summed E-state index contributed by atoms with van der Waals surface area (Å²) in [5.41, 5.74) is 0. The monoisotopic (exact) mass is 188 g/mol. The summed E-state index contributed by atoms with van der Waals surface area (Å²) in [7, 11) is 0. The molecule has 0 rings (SSSR count). The third-order valence-electron chi connectivity index (χ3n) is 0.960. The molecule has 0 spiro atoms. The predicted octanol–water partition coefficient (Wildman–Crippen LogP) is 5.83. The lowest BCUT2D eigenvalue weighted by Crippen LogP contribution is -1.63. The van der Waals surface area contributed by atoms with Crippen molar-refractivity contribution in [3.63, 3.8) is 0 Å². The lowest BCUT2D eigenvalue weighted by atomic mass is 10.2. The van der Waals surface area contributed by atoms with Crippen LogP contribution in [0.5, 0.6) is 0 Å². The van der Waals surface area contributed by atoms with Gasteiger partial charge in [-0.25, -0.2) is 0 Å². The molecular weight excluding hydrogens is 156 g/mol. The summed E-state index contributed by atoms with van der Waals surface area (Å²) in [5.74, 6) is 0. The molecule has 0 aliphatic rings. The van der Waals surface area contributed by atoms with Gasteiger partial charge in [0.2, 0.25) is 0 Å². The normalized spacial score (nSPS) is 7.08. The van der Waals surface area contributed by atoms with Crippen molar-refractivity contribution < 1.29 is 0 Å². The zero-order valence-corrected chi connectivity index (χ0v) is 11.3. The van der Waals surface area contributed by atoms with E-state index in [2.05, 4.69) is 26.0 Å². The Balaban J connectivity index is -0.0000000573. The average Bonchev–Trinajstić information content (AvgIpc) is 2.27. The van der Waals surface area contributed by atoms with Crippen molar-refractivity contribution in [2.75, 3.05) is 0 Å². The second-order valence-electron chi connectivity index (χ2n) is 1.71. The van der Waals surface area contributed by atoms with Crippen LogP contribution in [0.4, 0.5) is 0 Å². The van der Waals surface area contributed by atoms with Crippen molar-refractivity contribution in [2.45, 2.75) is 74.7 Å². The number of allylic oxidation sites excluding steroid dienone is 2. The van der Waals surface area contributed by atoms with E-state index in [1.165, 1.54) is 19.3 Å². The van der Waals surface area contributed by atoms with Crippen LogP contribution in [0, 0.1) is 0 Å². The molecule has 0 heterocycles. The molecule has 0 aliphatic carbocycles. The Morgan fingerprint density at radius 2 is 1.23 bits per heavy atom. The van der Waals surface area contributed by atoms with Gasteiger partial charge in [-0.15, -0.1) is 0 Å². The van der Waals surface area contributed by atoms with Gasteiger partial charge in [-0.2, -0.15) is 0 Å². The maximum absolute atomic E-state index is 2.21. The fourth-order valence-corrected chi connectivity index (χ4v) is 0.489. The van der Waals surface area contributed by atoms with E-state index in [0.717, 1.165) is 0 Å². The van der Waals surface area contributed by atoms with Crippen LogP contribution in [-0.4, -0.2) is 0 Å². The molecule has 0 amide bonds. The van der Waals surface area contributed by atoms with E-state index < -0.39 is 0 Å². The molecule has 0 saturated heterocycles. The van der Waals surface area contributed by atoms with Crippen molar-refractivity contribution >= 4 is 0 Å². The highest BCUT2D eigenvalue weighted by atomic mass is 13.8. The van der Waals surface area contributed by atoms with Gasteiger partial charge in [-0.05, 0) is 13.3 Å². The first kappa shape index (κ1) is 23.0. The summed E-state index contributed by atoms with van der Waals surface area (Å²) in [4.78, 5) is 0. The molecule has 0 aromatic carbocycles. The van der Waals surface area contributed by atoms with Crippen LogP contribution >= 0.6 is 0 Å². The minimum atomic E-state index is 1.26. The van der Waals surface area contributed by atoms with Crippen molar-refractivity contribution in [3.05, 3.63) is 12.2 Å². The Hall–Kier alpha value is -0.260.